The molecule has 0 radical (unpaired) electrons. The highest BCUT2D eigenvalue weighted by atomic mass is 16.5. The number of hydrogen-bond donors (Lipinski definition) is 1. The van der Waals surface area contributed by atoms with E-state index in [1.165, 1.54) is 25.2 Å². The number of esters is 1. The molecule has 38 heavy (non-hydrogen) atoms. The van der Waals surface area contributed by atoms with Gasteiger partial charge in [0.15, 0.2) is 11.5 Å². The first-order chi connectivity index (χ1) is 18.2. The number of aromatic nitrogens is 1. The zero-order chi connectivity index (χ0) is 27.4. The van der Waals surface area contributed by atoms with E-state index in [9.17, 15) is 19.5 Å². The molecule has 1 atom stereocenters. The monoisotopic (exact) mass is 516 g/mol. The Balaban J connectivity index is 1.74. The standard InChI is InChI=1S/C29H28N2O7/c1-17(2)38-29(35)19-9-7-18(8-10-19)16-31-25(21-6-5-13-30-15-21)24(27(33)28(31)34)26(32)20-11-12-22(36-3)23(14-20)37-4/h5-15,17,25,32H,16H2,1-4H3/b26-24-. The fraction of sp³-hybridized carbons (Fsp3) is 0.241. The third kappa shape index (κ3) is 5.22. The van der Waals surface area contributed by atoms with Gasteiger partial charge in [0, 0.05) is 24.5 Å². The third-order valence-corrected chi connectivity index (χ3v) is 6.08. The lowest BCUT2D eigenvalue weighted by Crippen LogP contribution is -2.29. The Labute approximate surface area is 220 Å². The summed E-state index contributed by atoms with van der Waals surface area (Å²) < 4.78 is 15.8. The first-order valence-electron chi connectivity index (χ1n) is 12.0. The fourth-order valence-electron chi connectivity index (χ4n) is 4.29. The molecule has 0 aliphatic carbocycles. The average Bonchev–Trinajstić information content (AvgIpc) is 3.17. The van der Waals surface area contributed by atoms with Crippen LogP contribution in [0.15, 0.2) is 72.6 Å². The number of ether oxygens (including phenoxy) is 3. The van der Waals surface area contributed by atoms with Crippen LogP contribution in [0.25, 0.3) is 5.76 Å². The Kier molecular flexibility index (Phi) is 7.76. The van der Waals surface area contributed by atoms with E-state index in [1.54, 1.807) is 74.8 Å². The third-order valence-electron chi connectivity index (χ3n) is 6.08. The second-order valence-corrected chi connectivity index (χ2v) is 8.93. The zero-order valence-electron chi connectivity index (χ0n) is 21.5. The Morgan fingerprint density at radius 2 is 1.68 bits per heavy atom. The number of carbonyl (C=O) groups is 3. The molecule has 9 nitrogen and oxygen atoms in total. The van der Waals surface area contributed by atoms with Gasteiger partial charge < -0.3 is 24.2 Å². The van der Waals surface area contributed by atoms with Gasteiger partial charge in [0.2, 0.25) is 0 Å². The van der Waals surface area contributed by atoms with Crippen LogP contribution in [-0.4, -0.2) is 53.0 Å². The molecular weight excluding hydrogens is 488 g/mol. The minimum atomic E-state index is -0.887. The first kappa shape index (κ1) is 26.4. The Morgan fingerprint density at radius 1 is 1.00 bits per heavy atom. The van der Waals surface area contributed by atoms with Crippen LogP contribution in [0.4, 0.5) is 0 Å². The normalized spacial score (nSPS) is 16.6. The lowest BCUT2D eigenvalue weighted by molar-refractivity contribution is -0.140. The van der Waals surface area contributed by atoms with Crippen LogP contribution in [-0.2, 0) is 20.9 Å². The molecule has 0 bridgehead atoms. The number of aliphatic hydroxyl groups is 1. The van der Waals surface area contributed by atoms with Crippen molar-refractivity contribution in [3.05, 3.63) is 94.8 Å². The van der Waals surface area contributed by atoms with Crippen molar-refractivity contribution in [2.75, 3.05) is 14.2 Å². The molecule has 1 aliphatic heterocycles. The van der Waals surface area contributed by atoms with E-state index in [-0.39, 0.29) is 24.0 Å². The number of rotatable bonds is 8. The Hall–Kier alpha value is -4.66. The zero-order valence-corrected chi connectivity index (χ0v) is 21.5. The van der Waals surface area contributed by atoms with Crippen molar-refractivity contribution in [3.8, 4) is 11.5 Å². The molecule has 196 valence electrons. The van der Waals surface area contributed by atoms with Gasteiger partial charge in [-0.15, -0.1) is 0 Å². The van der Waals surface area contributed by atoms with E-state index in [1.807, 2.05) is 0 Å². The second kappa shape index (κ2) is 11.2. The molecule has 1 aromatic heterocycles. The van der Waals surface area contributed by atoms with Crippen LogP contribution in [0.5, 0.6) is 11.5 Å². The van der Waals surface area contributed by atoms with E-state index in [0.717, 1.165) is 0 Å². The molecule has 4 rings (SSSR count). The topological polar surface area (TPSA) is 115 Å². The number of nitrogens with zero attached hydrogens (tertiary/aromatic N) is 2. The van der Waals surface area contributed by atoms with Crippen molar-refractivity contribution < 1.29 is 33.7 Å². The van der Waals surface area contributed by atoms with E-state index in [4.69, 9.17) is 14.2 Å². The van der Waals surface area contributed by atoms with Crippen LogP contribution in [0, 0.1) is 0 Å². The van der Waals surface area contributed by atoms with Crippen LogP contribution in [0.3, 0.4) is 0 Å². The maximum atomic E-state index is 13.3. The summed E-state index contributed by atoms with van der Waals surface area (Å²) in [6.07, 6.45) is 2.88. The summed E-state index contributed by atoms with van der Waals surface area (Å²) >= 11 is 0. The number of hydrogen-bond acceptors (Lipinski definition) is 8. The van der Waals surface area contributed by atoms with Crippen molar-refractivity contribution in [2.45, 2.75) is 32.5 Å². The molecule has 0 saturated carbocycles. The molecule has 0 spiro atoms. The van der Waals surface area contributed by atoms with Gasteiger partial charge in [-0.2, -0.15) is 0 Å². The average molecular weight is 517 g/mol. The lowest BCUT2D eigenvalue weighted by Gasteiger charge is -2.25. The number of pyridine rings is 1. The van der Waals surface area contributed by atoms with Crippen molar-refractivity contribution in [1.82, 2.24) is 9.88 Å². The molecule has 1 aliphatic rings. The first-order valence-corrected chi connectivity index (χ1v) is 12.0. The van der Waals surface area contributed by atoms with Gasteiger partial charge in [-0.1, -0.05) is 18.2 Å². The van der Waals surface area contributed by atoms with Crippen molar-refractivity contribution in [3.63, 3.8) is 0 Å². The summed E-state index contributed by atoms with van der Waals surface area (Å²) in [6, 6.07) is 13.9. The number of amides is 1. The summed E-state index contributed by atoms with van der Waals surface area (Å²) in [7, 11) is 2.95. The maximum absolute atomic E-state index is 13.3. The lowest BCUT2D eigenvalue weighted by atomic mass is 9.96. The van der Waals surface area contributed by atoms with Crippen LogP contribution in [0.2, 0.25) is 0 Å². The molecule has 3 aromatic rings. The number of methoxy groups -OCH3 is 2. The maximum Gasteiger partial charge on any atom is 0.338 e. The summed E-state index contributed by atoms with van der Waals surface area (Å²) in [5.74, 6) is -1.55. The van der Waals surface area contributed by atoms with Crippen molar-refractivity contribution in [1.29, 1.82) is 0 Å². The summed E-state index contributed by atoms with van der Waals surface area (Å²) in [5, 5.41) is 11.3. The quantitative estimate of drug-likeness (QED) is 0.204. The number of ketones is 1. The van der Waals surface area contributed by atoms with Gasteiger partial charge in [0.25, 0.3) is 11.7 Å². The summed E-state index contributed by atoms with van der Waals surface area (Å²) in [5.41, 5.74) is 1.86. The van der Waals surface area contributed by atoms with Gasteiger partial charge >= 0.3 is 5.97 Å². The molecule has 2 heterocycles. The van der Waals surface area contributed by atoms with Gasteiger partial charge in [-0.25, -0.2) is 4.79 Å². The number of aliphatic hydroxyl groups excluding tert-OH is 1. The second-order valence-electron chi connectivity index (χ2n) is 8.93. The smallest absolute Gasteiger partial charge is 0.338 e. The van der Waals surface area contributed by atoms with E-state index in [2.05, 4.69) is 4.98 Å². The number of likely N-dealkylation sites (tertiary alicyclic amines) is 1. The Morgan fingerprint density at radius 3 is 2.29 bits per heavy atom. The van der Waals surface area contributed by atoms with E-state index in [0.29, 0.717) is 33.8 Å². The predicted octanol–water partition coefficient (Wildman–Crippen LogP) is 4.29. The van der Waals surface area contributed by atoms with E-state index < -0.39 is 23.7 Å². The fourth-order valence-corrected chi connectivity index (χ4v) is 4.29. The van der Waals surface area contributed by atoms with Gasteiger partial charge in [0.05, 0.1) is 37.5 Å². The highest BCUT2D eigenvalue weighted by molar-refractivity contribution is 6.46. The minimum absolute atomic E-state index is 0.0619. The Bertz CT molecular complexity index is 1380. The van der Waals surface area contributed by atoms with Crippen molar-refractivity contribution in [2.24, 2.45) is 0 Å². The van der Waals surface area contributed by atoms with Crippen LogP contribution in [0.1, 0.15) is 46.9 Å². The number of benzene rings is 2. The molecular formula is C29H28N2O7. The SMILES string of the molecule is COc1ccc(/C(O)=C2/C(=O)C(=O)N(Cc3ccc(C(=O)OC(C)C)cc3)C2c2cccnc2)cc1OC. The highest BCUT2D eigenvalue weighted by Gasteiger charge is 2.46. The molecule has 1 saturated heterocycles. The number of Topliss-reactive ketones (excluding diaryl/α,β-unsaturated/α-hetero) is 1. The van der Waals surface area contributed by atoms with Gasteiger partial charge in [-0.05, 0) is 61.4 Å². The molecule has 2 aromatic carbocycles. The molecule has 1 N–H and O–H groups in total. The van der Waals surface area contributed by atoms with Crippen molar-refractivity contribution >= 4 is 23.4 Å². The van der Waals surface area contributed by atoms with E-state index >= 15 is 0 Å². The molecule has 1 fully saturated rings. The number of carbonyl (C=O) groups excluding carboxylic acids is 3. The molecule has 1 amide bonds. The van der Waals surface area contributed by atoms with Crippen LogP contribution >= 0.6 is 0 Å². The highest BCUT2D eigenvalue weighted by Crippen LogP contribution is 2.41. The summed E-state index contributed by atoms with van der Waals surface area (Å²) in [6.45, 7) is 3.60. The molecule has 1 unspecified atom stereocenters. The largest absolute Gasteiger partial charge is 0.507 e. The minimum Gasteiger partial charge on any atom is -0.507 e. The summed E-state index contributed by atoms with van der Waals surface area (Å²) in [4.78, 5) is 44.3. The van der Waals surface area contributed by atoms with Crippen LogP contribution < -0.4 is 9.47 Å². The molecule has 9 heteroatoms. The van der Waals surface area contributed by atoms with Gasteiger partial charge in [0.1, 0.15) is 5.76 Å². The van der Waals surface area contributed by atoms with Gasteiger partial charge in [-0.3, -0.25) is 14.6 Å². The predicted molar refractivity (Wildman–Crippen MR) is 139 cm³/mol.